The van der Waals surface area contributed by atoms with Crippen molar-refractivity contribution in [2.75, 3.05) is 7.05 Å². The number of aryl methyl sites for hydroxylation is 3. The lowest BCUT2D eigenvalue weighted by molar-refractivity contribution is 0.754. The summed E-state index contributed by atoms with van der Waals surface area (Å²) in [6.07, 6.45) is 0. The van der Waals surface area contributed by atoms with Crippen molar-refractivity contribution in [3.05, 3.63) is 45.9 Å². The first kappa shape index (κ1) is 14.7. The van der Waals surface area contributed by atoms with Crippen LogP contribution in [0.3, 0.4) is 0 Å². The first-order chi connectivity index (χ1) is 9.43. The number of aromatic nitrogens is 2. The maximum atomic E-state index is 4.72. The van der Waals surface area contributed by atoms with Gasteiger partial charge in [0.15, 0.2) is 0 Å². The molecule has 0 bridgehead atoms. The Hall–Kier alpha value is -1.74. The monoisotopic (exact) mass is 269 g/mol. The normalized spacial score (nSPS) is 10.9. The van der Waals surface area contributed by atoms with Crippen LogP contribution in [0.2, 0.25) is 0 Å². The van der Waals surface area contributed by atoms with Gasteiger partial charge in [0, 0.05) is 11.3 Å². The quantitative estimate of drug-likeness (QED) is 0.928. The van der Waals surface area contributed by atoms with Gasteiger partial charge in [-0.2, -0.15) is 0 Å². The van der Waals surface area contributed by atoms with Gasteiger partial charge in [0.25, 0.3) is 0 Å². The smallest absolute Gasteiger partial charge is 0.143 e. The maximum Gasteiger partial charge on any atom is 0.143 e. The van der Waals surface area contributed by atoms with E-state index in [9.17, 15) is 0 Å². The van der Waals surface area contributed by atoms with Crippen LogP contribution >= 0.6 is 0 Å². The number of nitrogens with zero attached hydrogens (tertiary/aromatic N) is 2. The summed E-state index contributed by atoms with van der Waals surface area (Å²) < 4.78 is 0. The lowest BCUT2D eigenvalue weighted by atomic mass is 9.92. The topological polar surface area (TPSA) is 37.8 Å². The van der Waals surface area contributed by atoms with Crippen LogP contribution in [0.1, 0.15) is 33.8 Å². The summed E-state index contributed by atoms with van der Waals surface area (Å²) >= 11 is 0. The Bertz CT molecular complexity index is 619. The predicted molar refractivity (Wildman–Crippen MR) is 83.9 cm³/mol. The molecule has 1 heterocycles. The molecule has 0 saturated carbocycles. The molecule has 0 aliphatic carbocycles. The third-order valence-corrected chi connectivity index (χ3v) is 3.86. The highest BCUT2D eigenvalue weighted by Crippen LogP contribution is 2.30. The maximum absolute atomic E-state index is 4.72. The van der Waals surface area contributed by atoms with E-state index in [1.54, 1.807) is 0 Å². The van der Waals surface area contributed by atoms with E-state index >= 15 is 0 Å². The zero-order valence-electron chi connectivity index (χ0n) is 13.3. The molecule has 1 N–H and O–H groups in total. The van der Waals surface area contributed by atoms with Crippen LogP contribution in [-0.4, -0.2) is 17.0 Å². The first-order valence-electron chi connectivity index (χ1n) is 7.01. The fourth-order valence-corrected chi connectivity index (χ4v) is 2.60. The molecule has 0 amide bonds. The molecule has 0 atom stereocenters. The fourth-order valence-electron chi connectivity index (χ4n) is 2.60. The van der Waals surface area contributed by atoms with Crippen molar-refractivity contribution in [3.63, 3.8) is 0 Å². The van der Waals surface area contributed by atoms with E-state index in [0.29, 0.717) is 6.54 Å². The Morgan fingerprint density at radius 3 is 2.05 bits per heavy atom. The zero-order chi connectivity index (χ0) is 14.9. The van der Waals surface area contributed by atoms with Crippen molar-refractivity contribution in [2.45, 2.75) is 41.2 Å². The van der Waals surface area contributed by atoms with E-state index in [1.165, 1.54) is 27.8 Å². The predicted octanol–water partition coefficient (Wildman–Crippen LogP) is 3.41. The van der Waals surface area contributed by atoms with E-state index in [4.69, 9.17) is 4.98 Å². The summed E-state index contributed by atoms with van der Waals surface area (Å²) in [4.78, 5) is 9.20. The van der Waals surface area contributed by atoms with Gasteiger partial charge in [-0.15, -0.1) is 0 Å². The minimum atomic E-state index is 0.692. The van der Waals surface area contributed by atoms with Crippen molar-refractivity contribution in [2.24, 2.45) is 0 Å². The molecule has 2 aromatic rings. The van der Waals surface area contributed by atoms with Gasteiger partial charge in [-0.3, -0.25) is 0 Å². The van der Waals surface area contributed by atoms with Gasteiger partial charge in [-0.05, 0) is 70.0 Å². The second-order valence-corrected chi connectivity index (χ2v) is 5.48. The Labute approximate surface area is 121 Å². The highest BCUT2D eigenvalue weighted by atomic mass is 15.0. The zero-order valence-corrected chi connectivity index (χ0v) is 13.3. The molecule has 0 saturated heterocycles. The minimum Gasteiger partial charge on any atom is -0.313 e. The van der Waals surface area contributed by atoms with Gasteiger partial charge in [-0.1, -0.05) is 6.07 Å². The highest BCUT2D eigenvalue weighted by Gasteiger charge is 2.13. The molecule has 0 unspecified atom stereocenters. The second kappa shape index (κ2) is 5.71. The molecule has 0 aliphatic heterocycles. The fraction of sp³-hybridized carbons (Fsp3) is 0.412. The molecular formula is C17H23N3. The number of hydrogen-bond donors (Lipinski definition) is 1. The van der Waals surface area contributed by atoms with Crippen molar-refractivity contribution < 1.29 is 0 Å². The molecule has 0 radical (unpaired) electrons. The van der Waals surface area contributed by atoms with Crippen LogP contribution in [0.4, 0.5) is 0 Å². The van der Waals surface area contributed by atoms with Crippen LogP contribution in [0.5, 0.6) is 0 Å². The molecule has 2 rings (SSSR count). The third-order valence-electron chi connectivity index (χ3n) is 3.86. The van der Waals surface area contributed by atoms with Crippen molar-refractivity contribution >= 4 is 0 Å². The lowest BCUT2D eigenvalue weighted by Crippen LogP contribution is -2.10. The van der Waals surface area contributed by atoms with E-state index in [2.05, 4.69) is 50.1 Å². The van der Waals surface area contributed by atoms with Crippen molar-refractivity contribution in [3.8, 4) is 11.3 Å². The minimum absolute atomic E-state index is 0.692. The largest absolute Gasteiger partial charge is 0.313 e. The van der Waals surface area contributed by atoms with Crippen LogP contribution < -0.4 is 5.32 Å². The van der Waals surface area contributed by atoms with E-state index < -0.39 is 0 Å². The Morgan fingerprint density at radius 2 is 1.50 bits per heavy atom. The van der Waals surface area contributed by atoms with E-state index in [0.717, 1.165) is 17.2 Å². The first-order valence-corrected chi connectivity index (χ1v) is 7.01. The SMILES string of the molecule is CNCc1nc(C)cc(-c2c(C)c(C)cc(C)c2C)n1. The van der Waals surface area contributed by atoms with Crippen LogP contribution in [0.25, 0.3) is 11.3 Å². The van der Waals surface area contributed by atoms with Gasteiger partial charge in [0.1, 0.15) is 5.82 Å². The van der Waals surface area contributed by atoms with E-state index in [1.807, 2.05) is 14.0 Å². The van der Waals surface area contributed by atoms with Gasteiger partial charge < -0.3 is 5.32 Å². The van der Waals surface area contributed by atoms with Gasteiger partial charge >= 0.3 is 0 Å². The standard InChI is InChI=1S/C17H23N3/c1-10-7-11(2)14(5)17(13(10)4)15-8-12(3)19-16(20-15)9-18-6/h7-8,18H,9H2,1-6H3. The van der Waals surface area contributed by atoms with Gasteiger partial charge in [0.05, 0.1) is 12.2 Å². The summed E-state index contributed by atoms with van der Waals surface area (Å²) in [6.45, 7) is 11.4. The Morgan fingerprint density at radius 1 is 0.900 bits per heavy atom. The lowest BCUT2D eigenvalue weighted by Gasteiger charge is -2.16. The summed E-state index contributed by atoms with van der Waals surface area (Å²) in [5, 5.41) is 3.12. The van der Waals surface area contributed by atoms with E-state index in [-0.39, 0.29) is 0 Å². The summed E-state index contributed by atoms with van der Waals surface area (Å²) in [6, 6.07) is 4.32. The van der Waals surface area contributed by atoms with Crippen LogP contribution in [0, 0.1) is 34.6 Å². The average Bonchev–Trinajstić information content (AvgIpc) is 2.36. The average molecular weight is 269 g/mol. The van der Waals surface area contributed by atoms with Gasteiger partial charge in [-0.25, -0.2) is 9.97 Å². The molecular weight excluding hydrogens is 246 g/mol. The number of benzene rings is 1. The molecule has 106 valence electrons. The molecule has 0 fully saturated rings. The van der Waals surface area contributed by atoms with Crippen molar-refractivity contribution in [1.29, 1.82) is 0 Å². The van der Waals surface area contributed by atoms with Crippen LogP contribution in [0.15, 0.2) is 12.1 Å². The molecule has 0 aliphatic rings. The molecule has 3 nitrogen and oxygen atoms in total. The molecule has 20 heavy (non-hydrogen) atoms. The Kier molecular flexibility index (Phi) is 4.19. The third kappa shape index (κ3) is 2.73. The Balaban J connectivity index is 2.68. The summed E-state index contributed by atoms with van der Waals surface area (Å²) in [7, 11) is 1.92. The molecule has 1 aromatic heterocycles. The van der Waals surface area contributed by atoms with Crippen LogP contribution in [-0.2, 0) is 6.54 Å². The molecule has 0 spiro atoms. The number of hydrogen-bond acceptors (Lipinski definition) is 3. The second-order valence-electron chi connectivity index (χ2n) is 5.48. The summed E-state index contributed by atoms with van der Waals surface area (Å²) in [5.41, 5.74) is 8.54. The number of rotatable bonds is 3. The molecule has 3 heteroatoms. The number of nitrogens with one attached hydrogen (secondary N) is 1. The summed E-state index contributed by atoms with van der Waals surface area (Å²) in [5.74, 6) is 0.848. The highest BCUT2D eigenvalue weighted by molar-refractivity contribution is 5.70. The van der Waals surface area contributed by atoms with Crippen molar-refractivity contribution in [1.82, 2.24) is 15.3 Å². The van der Waals surface area contributed by atoms with Gasteiger partial charge in [0.2, 0.25) is 0 Å². The molecule has 1 aromatic carbocycles.